The lowest BCUT2D eigenvalue weighted by Crippen LogP contribution is -2.22. The maximum absolute atomic E-state index is 12.2. The number of hydrogen-bond acceptors (Lipinski definition) is 7. The van der Waals surface area contributed by atoms with Crippen LogP contribution < -0.4 is 10.2 Å². The molecule has 0 aliphatic carbocycles. The summed E-state index contributed by atoms with van der Waals surface area (Å²) in [4.78, 5) is 30.3. The number of anilines is 3. The first-order chi connectivity index (χ1) is 14.6. The number of carbonyl (C=O) groups excluding carboxylic acids is 2. The summed E-state index contributed by atoms with van der Waals surface area (Å²) in [6.07, 6.45) is 7.28. The first kappa shape index (κ1) is 21.8. The Morgan fingerprint density at radius 3 is 2.70 bits per heavy atom. The summed E-state index contributed by atoms with van der Waals surface area (Å²) in [6.45, 7) is 3.65. The van der Waals surface area contributed by atoms with Crippen LogP contribution in [0.5, 0.6) is 0 Å². The molecule has 1 aromatic carbocycles. The van der Waals surface area contributed by atoms with Crippen molar-refractivity contribution in [3.8, 4) is 0 Å². The summed E-state index contributed by atoms with van der Waals surface area (Å²) in [6, 6.07) is 9.33. The number of thiazole rings is 1. The minimum Gasteiger partial charge on any atom is -0.297 e. The van der Waals surface area contributed by atoms with Crippen LogP contribution in [0.15, 0.2) is 41.8 Å². The minimum atomic E-state index is -0.299. The number of nitrogens with zero attached hydrogens (tertiary/aromatic N) is 4. The Morgan fingerprint density at radius 2 is 1.97 bits per heavy atom. The third-order valence-electron chi connectivity index (χ3n) is 4.13. The highest BCUT2D eigenvalue weighted by Gasteiger charge is 2.17. The molecule has 7 nitrogen and oxygen atoms in total. The van der Waals surface area contributed by atoms with Gasteiger partial charge in [0.05, 0.1) is 11.4 Å². The van der Waals surface area contributed by atoms with Crippen LogP contribution in [0.1, 0.15) is 43.8 Å². The van der Waals surface area contributed by atoms with Crippen LogP contribution in [-0.4, -0.2) is 27.0 Å². The Kier molecular flexibility index (Phi) is 7.81. The Balaban J connectivity index is 1.61. The average Bonchev–Trinajstić information content (AvgIpc) is 3.37. The Morgan fingerprint density at radius 1 is 1.17 bits per heavy atom. The number of aryl methyl sites for hydroxylation is 1. The smallest absolute Gasteiger partial charge is 0.250 e. The highest BCUT2D eigenvalue weighted by molar-refractivity contribution is 7.15. The quantitative estimate of drug-likeness (QED) is 0.370. The van der Waals surface area contributed by atoms with Crippen molar-refractivity contribution in [2.24, 2.45) is 0 Å². The van der Waals surface area contributed by atoms with Gasteiger partial charge in [-0.1, -0.05) is 49.3 Å². The van der Waals surface area contributed by atoms with Crippen LogP contribution in [0.25, 0.3) is 6.08 Å². The molecule has 3 aromatic rings. The van der Waals surface area contributed by atoms with Crippen molar-refractivity contribution < 1.29 is 9.59 Å². The van der Waals surface area contributed by atoms with Gasteiger partial charge in [0, 0.05) is 24.8 Å². The van der Waals surface area contributed by atoms with Crippen LogP contribution in [-0.2, 0) is 16.0 Å². The normalized spacial score (nSPS) is 11.0. The topological polar surface area (TPSA) is 88.1 Å². The van der Waals surface area contributed by atoms with Gasteiger partial charge in [-0.3, -0.25) is 19.8 Å². The zero-order chi connectivity index (χ0) is 21.3. The Labute approximate surface area is 183 Å². The predicted octanol–water partition coefficient (Wildman–Crippen LogP) is 5.06. The molecule has 9 heteroatoms. The van der Waals surface area contributed by atoms with Crippen molar-refractivity contribution in [1.82, 2.24) is 15.2 Å². The summed E-state index contributed by atoms with van der Waals surface area (Å²) in [5.41, 5.74) is 1.35. The van der Waals surface area contributed by atoms with Crippen molar-refractivity contribution in [3.63, 3.8) is 0 Å². The lowest BCUT2D eigenvalue weighted by molar-refractivity contribution is -0.116. The van der Waals surface area contributed by atoms with Crippen molar-refractivity contribution in [1.29, 1.82) is 0 Å². The lowest BCUT2D eigenvalue weighted by atomic mass is 10.2. The van der Waals surface area contributed by atoms with E-state index in [4.69, 9.17) is 0 Å². The van der Waals surface area contributed by atoms with Crippen LogP contribution >= 0.6 is 22.7 Å². The molecule has 0 aliphatic heterocycles. The van der Waals surface area contributed by atoms with Gasteiger partial charge in [0.25, 0.3) is 0 Å². The van der Waals surface area contributed by atoms with Gasteiger partial charge in [-0.2, -0.15) is 0 Å². The van der Waals surface area contributed by atoms with Gasteiger partial charge in [0.2, 0.25) is 16.9 Å². The second kappa shape index (κ2) is 10.7. The standard InChI is InChI=1S/C21H23N5O2S2/c1-3-4-6-11-19-24-25-20(30-19)23-18(28)13-12-16-14-29-21(22-16)26(15(2)27)17-9-7-5-8-10-17/h5,7-10,12-14H,3-4,6,11H2,1-2H3,(H,23,25,28)/b13-12+. The van der Waals surface area contributed by atoms with Crippen LogP contribution in [0.4, 0.5) is 16.0 Å². The highest BCUT2D eigenvalue weighted by atomic mass is 32.1. The fourth-order valence-corrected chi connectivity index (χ4v) is 4.34. The summed E-state index contributed by atoms with van der Waals surface area (Å²) < 4.78 is 0. The second-order valence-corrected chi connectivity index (χ2v) is 8.42. The van der Waals surface area contributed by atoms with Gasteiger partial charge in [0.15, 0.2) is 5.13 Å². The maximum atomic E-state index is 12.2. The zero-order valence-electron chi connectivity index (χ0n) is 16.9. The number of nitrogens with one attached hydrogen (secondary N) is 1. The largest absolute Gasteiger partial charge is 0.297 e. The number of para-hydroxylation sites is 1. The summed E-state index contributed by atoms with van der Waals surface area (Å²) in [5, 5.41) is 14.6. The van der Waals surface area contributed by atoms with Crippen LogP contribution in [0.2, 0.25) is 0 Å². The molecule has 2 amide bonds. The summed E-state index contributed by atoms with van der Waals surface area (Å²) >= 11 is 2.74. The number of aromatic nitrogens is 3. The molecule has 0 saturated carbocycles. The van der Waals surface area contributed by atoms with E-state index in [1.54, 1.807) is 16.4 Å². The van der Waals surface area contributed by atoms with Gasteiger partial charge < -0.3 is 0 Å². The van der Waals surface area contributed by atoms with Crippen molar-refractivity contribution in [2.45, 2.75) is 39.5 Å². The average molecular weight is 442 g/mol. The molecule has 0 saturated heterocycles. The minimum absolute atomic E-state index is 0.130. The fraction of sp³-hybridized carbons (Fsp3) is 0.286. The molecule has 0 atom stereocenters. The molecule has 0 aliphatic rings. The molecule has 30 heavy (non-hydrogen) atoms. The highest BCUT2D eigenvalue weighted by Crippen LogP contribution is 2.29. The van der Waals surface area contributed by atoms with E-state index >= 15 is 0 Å². The number of rotatable bonds is 9. The molecule has 0 unspecified atom stereocenters. The van der Waals surface area contributed by atoms with E-state index in [2.05, 4.69) is 27.4 Å². The van der Waals surface area contributed by atoms with Gasteiger partial charge >= 0.3 is 0 Å². The molecule has 3 rings (SSSR count). The molecule has 2 aromatic heterocycles. The number of hydrogen-bond donors (Lipinski definition) is 1. The van der Waals surface area contributed by atoms with Crippen LogP contribution in [0, 0.1) is 0 Å². The zero-order valence-corrected chi connectivity index (χ0v) is 18.5. The Hall–Kier alpha value is -2.91. The molecule has 156 valence electrons. The van der Waals surface area contributed by atoms with E-state index in [0.717, 1.165) is 36.4 Å². The van der Waals surface area contributed by atoms with Crippen molar-refractivity contribution in [2.75, 3.05) is 10.2 Å². The van der Waals surface area contributed by atoms with E-state index in [9.17, 15) is 9.59 Å². The van der Waals surface area contributed by atoms with Gasteiger partial charge in [-0.15, -0.1) is 21.5 Å². The van der Waals surface area contributed by atoms with E-state index in [1.807, 2.05) is 30.3 Å². The molecule has 0 spiro atoms. The van der Waals surface area contributed by atoms with Crippen molar-refractivity contribution in [3.05, 3.63) is 52.5 Å². The third-order valence-corrected chi connectivity index (χ3v) is 5.87. The first-order valence-corrected chi connectivity index (χ1v) is 11.4. The molecule has 0 radical (unpaired) electrons. The SMILES string of the molecule is CCCCCc1nnc(NC(=O)/C=C/c2csc(N(C(C)=O)c3ccccc3)n2)s1. The lowest BCUT2D eigenvalue weighted by Gasteiger charge is -2.17. The van der Waals surface area contributed by atoms with E-state index in [1.165, 1.54) is 35.7 Å². The summed E-state index contributed by atoms with van der Waals surface area (Å²) in [5.74, 6) is -0.429. The molecular weight excluding hydrogens is 418 g/mol. The maximum Gasteiger partial charge on any atom is 0.250 e. The number of unbranched alkanes of at least 4 members (excludes halogenated alkanes) is 2. The van der Waals surface area contributed by atoms with Gasteiger partial charge in [-0.05, 0) is 24.6 Å². The molecule has 0 fully saturated rings. The van der Waals surface area contributed by atoms with Gasteiger partial charge in [0.1, 0.15) is 5.01 Å². The van der Waals surface area contributed by atoms with Crippen LogP contribution in [0.3, 0.4) is 0 Å². The molecule has 0 bridgehead atoms. The van der Waals surface area contributed by atoms with Gasteiger partial charge in [-0.25, -0.2) is 4.98 Å². The fourth-order valence-electron chi connectivity index (χ4n) is 2.70. The van der Waals surface area contributed by atoms with E-state index in [0.29, 0.717) is 16.0 Å². The number of amides is 2. The second-order valence-electron chi connectivity index (χ2n) is 6.53. The molecular formula is C21H23N5O2S2. The molecule has 1 N–H and O–H groups in total. The predicted molar refractivity (Wildman–Crippen MR) is 122 cm³/mol. The number of carbonyl (C=O) groups is 2. The molecule has 2 heterocycles. The third kappa shape index (κ3) is 6.04. The Bertz CT molecular complexity index is 1010. The first-order valence-electron chi connectivity index (χ1n) is 9.69. The number of benzene rings is 1. The van der Waals surface area contributed by atoms with E-state index in [-0.39, 0.29) is 11.8 Å². The van der Waals surface area contributed by atoms with Crippen molar-refractivity contribution >= 4 is 56.5 Å². The monoisotopic (exact) mass is 441 g/mol. The van der Waals surface area contributed by atoms with E-state index < -0.39 is 0 Å². The summed E-state index contributed by atoms with van der Waals surface area (Å²) in [7, 11) is 0.